The van der Waals surface area contributed by atoms with E-state index in [0.717, 1.165) is 11.3 Å². The van der Waals surface area contributed by atoms with Crippen LogP contribution in [-0.2, 0) is 17.5 Å². The van der Waals surface area contributed by atoms with Gasteiger partial charge in [-0.2, -0.15) is 18.3 Å². The van der Waals surface area contributed by atoms with Gasteiger partial charge in [0.15, 0.2) is 5.69 Å². The van der Waals surface area contributed by atoms with Crippen molar-refractivity contribution < 1.29 is 31.5 Å². The highest BCUT2D eigenvalue weighted by molar-refractivity contribution is 9.10. The maximum absolute atomic E-state index is 13.6. The molecule has 1 aromatic carbocycles. The van der Waals surface area contributed by atoms with Gasteiger partial charge in [-0.1, -0.05) is 30.3 Å². The number of rotatable bonds is 8. The number of primary amides is 1. The molecule has 0 aliphatic heterocycles. The topological polar surface area (TPSA) is 103 Å². The first kappa shape index (κ1) is 27.2. The zero-order valence-electron chi connectivity index (χ0n) is 19.9. The molecule has 7 nitrogen and oxygen atoms in total. The first-order valence-corrected chi connectivity index (χ1v) is 13.3. The summed E-state index contributed by atoms with van der Waals surface area (Å²) in [6, 6.07) is 9.72. The third-order valence-corrected chi connectivity index (χ3v) is 8.07. The van der Waals surface area contributed by atoms with Gasteiger partial charge in [-0.25, -0.2) is 13.8 Å². The van der Waals surface area contributed by atoms with E-state index in [2.05, 4.69) is 31.3 Å². The highest BCUT2D eigenvalue weighted by atomic mass is 79.9. The summed E-state index contributed by atoms with van der Waals surface area (Å²) < 4.78 is 68.6. The van der Waals surface area contributed by atoms with Crippen LogP contribution in [0, 0.1) is 0 Å². The fourth-order valence-corrected chi connectivity index (χ4v) is 6.17. The van der Waals surface area contributed by atoms with Crippen LogP contribution in [0.4, 0.5) is 27.6 Å². The third-order valence-electron chi connectivity index (χ3n) is 6.19. The first-order valence-electron chi connectivity index (χ1n) is 11.7. The fraction of sp³-hybridized carbons (Fsp3) is 0.280. The van der Waals surface area contributed by atoms with Crippen LogP contribution in [0.5, 0.6) is 0 Å². The van der Waals surface area contributed by atoms with Crippen LogP contribution in [0.15, 0.2) is 40.9 Å². The number of nitrogens with one attached hydrogen (secondary N) is 1. The van der Waals surface area contributed by atoms with Crippen molar-refractivity contribution >= 4 is 55.0 Å². The van der Waals surface area contributed by atoms with Gasteiger partial charge >= 0.3 is 6.18 Å². The summed E-state index contributed by atoms with van der Waals surface area (Å²) in [5.74, 6) is -1.61. The lowest BCUT2D eigenvalue weighted by molar-refractivity contribution is -0.142. The van der Waals surface area contributed by atoms with Gasteiger partial charge in [0.25, 0.3) is 12.3 Å². The second kappa shape index (κ2) is 10.3. The Morgan fingerprint density at radius 1 is 1.21 bits per heavy atom. The van der Waals surface area contributed by atoms with Crippen molar-refractivity contribution in [1.82, 2.24) is 14.8 Å². The molecule has 39 heavy (non-hydrogen) atoms. The van der Waals surface area contributed by atoms with Gasteiger partial charge in [0.2, 0.25) is 5.91 Å². The average molecular weight is 628 g/mol. The number of amides is 2. The normalized spacial score (nSPS) is 13.8. The molecule has 0 unspecified atom stereocenters. The average Bonchev–Trinajstić information content (AvgIpc) is 3.56. The number of pyridine rings is 1. The van der Waals surface area contributed by atoms with Gasteiger partial charge < -0.3 is 11.1 Å². The van der Waals surface area contributed by atoms with Gasteiger partial charge in [0, 0.05) is 17.7 Å². The summed E-state index contributed by atoms with van der Waals surface area (Å²) >= 11 is 3.79. The number of hydrogen-bond acceptors (Lipinski definition) is 5. The molecule has 204 valence electrons. The number of hydrogen-bond donors (Lipinski definition) is 2. The van der Waals surface area contributed by atoms with Crippen LogP contribution < -0.4 is 11.1 Å². The van der Waals surface area contributed by atoms with Crippen LogP contribution in [0.2, 0.25) is 0 Å². The maximum Gasteiger partial charge on any atom is 0.436 e. The molecule has 0 radical (unpaired) electrons. The molecule has 1 aliphatic rings. The number of benzene rings is 1. The van der Waals surface area contributed by atoms with Gasteiger partial charge in [0.1, 0.15) is 15.4 Å². The number of alkyl halides is 5. The Labute approximate surface area is 230 Å². The number of aryl methyl sites for hydroxylation is 1. The Morgan fingerprint density at radius 3 is 2.49 bits per heavy atom. The van der Waals surface area contributed by atoms with E-state index in [1.807, 2.05) is 0 Å². The number of carbonyl (C=O) groups is 2. The predicted molar refractivity (Wildman–Crippen MR) is 139 cm³/mol. The van der Waals surface area contributed by atoms with Crippen molar-refractivity contribution in [1.29, 1.82) is 0 Å². The largest absolute Gasteiger partial charge is 0.436 e. The Balaban J connectivity index is 1.50. The molecule has 1 aliphatic carbocycles. The second-order valence-electron chi connectivity index (χ2n) is 8.95. The molecule has 5 rings (SSSR count). The van der Waals surface area contributed by atoms with E-state index >= 15 is 0 Å². The number of fused-ring (bicyclic) bond motifs is 1. The maximum atomic E-state index is 13.6. The van der Waals surface area contributed by atoms with Gasteiger partial charge in [0.05, 0.1) is 22.4 Å². The lowest BCUT2D eigenvalue weighted by atomic mass is 10.0. The van der Waals surface area contributed by atoms with E-state index in [-0.39, 0.29) is 44.1 Å². The highest BCUT2D eigenvalue weighted by Crippen LogP contribution is 2.47. The molecule has 0 atom stereocenters. The van der Waals surface area contributed by atoms with Crippen molar-refractivity contribution in [3.8, 4) is 11.1 Å². The zero-order chi connectivity index (χ0) is 28.1. The van der Waals surface area contributed by atoms with E-state index in [0.29, 0.717) is 29.7 Å². The van der Waals surface area contributed by atoms with Crippen molar-refractivity contribution in [2.24, 2.45) is 5.73 Å². The minimum atomic E-state index is -4.67. The van der Waals surface area contributed by atoms with Crippen LogP contribution in [0.1, 0.15) is 58.4 Å². The number of anilines is 1. The van der Waals surface area contributed by atoms with Crippen LogP contribution in [0.25, 0.3) is 21.3 Å². The summed E-state index contributed by atoms with van der Waals surface area (Å²) in [5, 5.41) is 6.59. The smallest absolute Gasteiger partial charge is 0.365 e. The monoisotopic (exact) mass is 627 g/mol. The number of thiophene rings is 1. The van der Waals surface area contributed by atoms with E-state index < -0.39 is 35.8 Å². The molecule has 0 bridgehead atoms. The number of aromatic nitrogens is 3. The summed E-state index contributed by atoms with van der Waals surface area (Å²) in [6.07, 6.45) is -6.40. The Kier molecular flexibility index (Phi) is 7.18. The molecule has 4 aromatic rings. The predicted octanol–water partition coefficient (Wildman–Crippen LogP) is 6.88. The summed E-state index contributed by atoms with van der Waals surface area (Å²) in [4.78, 5) is 29.3. The highest BCUT2D eigenvalue weighted by Gasteiger charge is 2.41. The number of nitrogens with two attached hydrogens (primary N) is 1. The quantitative estimate of drug-likeness (QED) is 0.208. The minimum Gasteiger partial charge on any atom is -0.365 e. The molecule has 0 spiro atoms. The number of carbonyl (C=O) groups excluding carboxylic acids is 2. The van der Waals surface area contributed by atoms with Crippen molar-refractivity contribution in [3.63, 3.8) is 0 Å². The number of nitrogens with zero attached hydrogens (tertiary/aromatic N) is 3. The molecule has 2 amide bonds. The van der Waals surface area contributed by atoms with Crippen LogP contribution in [-0.4, -0.2) is 26.6 Å². The molecule has 1 fully saturated rings. The molecular formula is C25H19BrF5N5O2S. The Bertz CT molecular complexity index is 1580. The van der Waals surface area contributed by atoms with Crippen LogP contribution in [0.3, 0.4) is 0 Å². The summed E-state index contributed by atoms with van der Waals surface area (Å²) in [5.41, 5.74) is 5.24. The SMILES string of the molecule is NC(=O)c1sc2nc(C(F)F)cc(-c3ccccc3)c2c1NC(=O)CCn1nc(C(F)(F)F)c(Br)c1C1CC1. The summed E-state index contributed by atoms with van der Waals surface area (Å²) in [7, 11) is 0. The third kappa shape index (κ3) is 5.39. The van der Waals surface area contributed by atoms with Gasteiger partial charge in [-0.05, 0) is 46.0 Å². The number of halogens is 6. The molecular weight excluding hydrogens is 609 g/mol. The van der Waals surface area contributed by atoms with Crippen LogP contribution >= 0.6 is 27.3 Å². The van der Waals surface area contributed by atoms with Crippen molar-refractivity contribution in [3.05, 3.63) is 62.8 Å². The standard InChI is InChI=1S/C25H19BrF5N5O2S/c26-17-19(12-6-7-12)36(35-21(17)25(29,30)31)9-8-15(37)34-18-16-13(11-4-2-1-3-5-11)10-14(22(27)28)33-24(16)39-20(18)23(32)38/h1-5,10,12,22H,6-9H2,(H2,32,38)(H,34,37). The zero-order valence-corrected chi connectivity index (χ0v) is 22.3. The second-order valence-corrected chi connectivity index (χ2v) is 10.7. The fourth-order valence-electron chi connectivity index (χ4n) is 4.33. The molecule has 3 aromatic heterocycles. The van der Waals surface area contributed by atoms with Gasteiger partial charge in [-0.3, -0.25) is 14.3 Å². The van der Waals surface area contributed by atoms with E-state index in [1.54, 1.807) is 30.3 Å². The molecule has 1 saturated carbocycles. The molecule has 3 N–H and O–H groups in total. The van der Waals surface area contributed by atoms with E-state index in [1.165, 1.54) is 10.7 Å². The molecule has 0 saturated heterocycles. The van der Waals surface area contributed by atoms with E-state index in [9.17, 15) is 31.5 Å². The Morgan fingerprint density at radius 2 is 1.90 bits per heavy atom. The first-order chi connectivity index (χ1) is 18.5. The lowest BCUT2D eigenvalue weighted by Crippen LogP contribution is -2.19. The van der Waals surface area contributed by atoms with Crippen molar-refractivity contribution in [2.45, 2.75) is 44.3 Å². The van der Waals surface area contributed by atoms with E-state index in [4.69, 9.17) is 5.73 Å². The summed E-state index contributed by atoms with van der Waals surface area (Å²) in [6.45, 7) is -0.153. The van der Waals surface area contributed by atoms with Gasteiger partial charge in [-0.15, -0.1) is 11.3 Å². The minimum absolute atomic E-state index is 0.0136. The van der Waals surface area contributed by atoms with Crippen molar-refractivity contribution in [2.75, 3.05) is 5.32 Å². The Hall–Kier alpha value is -3.39. The lowest BCUT2D eigenvalue weighted by Gasteiger charge is -2.12. The molecule has 14 heteroatoms. The molecule has 3 heterocycles.